The van der Waals surface area contributed by atoms with Crippen molar-refractivity contribution in [1.82, 2.24) is 9.88 Å². The van der Waals surface area contributed by atoms with Crippen LogP contribution >= 0.6 is 0 Å². The van der Waals surface area contributed by atoms with Gasteiger partial charge in [0.2, 0.25) is 12.7 Å². The number of carbonyl (C=O) groups excluding carboxylic acids is 1. The van der Waals surface area contributed by atoms with Crippen LogP contribution in [0, 0.1) is 5.92 Å². The van der Waals surface area contributed by atoms with Crippen molar-refractivity contribution in [3.8, 4) is 11.5 Å². The lowest BCUT2D eigenvalue weighted by Crippen LogP contribution is -2.34. The molecule has 1 aromatic heterocycles. The molecular formula is C20H24N2O3. The molecule has 2 heterocycles. The SMILES string of the molecule is CC(C)CN(Cc1ccccn1)C(=O)CCc1ccc2c(c1)OCO2. The fraction of sp³-hybridized carbons (Fsp3) is 0.400. The minimum Gasteiger partial charge on any atom is -0.454 e. The van der Waals surface area contributed by atoms with Crippen LogP contribution in [-0.4, -0.2) is 29.1 Å². The minimum absolute atomic E-state index is 0.150. The number of fused-ring (bicyclic) bond motifs is 1. The molecule has 0 spiro atoms. The molecule has 1 amide bonds. The first kappa shape index (κ1) is 17.3. The van der Waals surface area contributed by atoms with Gasteiger partial charge in [-0.05, 0) is 42.2 Å². The summed E-state index contributed by atoms with van der Waals surface area (Å²) in [5.41, 5.74) is 2.00. The molecule has 3 rings (SSSR count). The monoisotopic (exact) mass is 340 g/mol. The predicted octanol–water partition coefficient (Wildman–Crippen LogP) is 3.43. The Balaban J connectivity index is 1.61. The molecule has 0 bridgehead atoms. The molecular weight excluding hydrogens is 316 g/mol. The number of pyridine rings is 1. The Kier molecular flexibility index (Phi) is 5.53. The smallest absolute Gasteiger partial charge is 0.231 e. The minimum atomic E-state index is 0.150. The summed E-state index contributed by atoms with van der Waals surface area (Å²) in [5, 5.41) is 0. The van der Waals surface area contributed by atoms with E-state index in [2.05, 4.69) is 18.8 Å². The standard InChI is InChI=1S/C20H24N2O3/c1-15(2)12-22(13-17-5-3-4-10-21-17)20(23)9-7-16-6-8-18-19(11-16)25-14-24-18/h3-6,8,10-11,15H,7,9,12-14H2,1-2H3. The second-order valence-electron chi connectivity index (χ2n) is 6.68. The van der Waals surface area contributed by atoms with Gasteiger partial charge in [-0.15, -0.1) is 0 Å². The van der Waals surface area contributed by atoms with E-state index in [1.807, 2.05) is 41.3 Å². The zero-order valence-electron chi connectivity index (χ0n) is 14.8. The van der Waals surface area contributed by atoms with Gasteiger partial charge in [0.15, 0.2) is 11.5 Å². The fourth-order valence-corrected chi connectivity index (χ4v) is 2.89. The van der Waals surface area contributed by atoms with Crippen LogP contribution < -0.4 is 9.47 Å². The Bertz CT molecular complexity index is 716. The van der Waals surface area contributed by atoms with E-state index < -0.39 is 0 Å². The third kappa shape index (κ3) is 4.72. The molecule has 132 valence electrons. The van der Waals surface area contributed by atoms with Gasteiger partial charge in [0.05, 0.1) is 12.2 Å². The lowest BCUT2D eigenvalue weighted by Gasteiger charge is -2.24. The maximum Gasteiger partial charge on any atom is 0.231 e. The lowest BCUT2D eigenvalue weighted by atomic mass is 10.1. The molecule has 0 aliphatic carbocycles. The first-order valence-corrected chi connectivity index (χ1v) is 8.68. The highest BCUT2D eigenvalue weighted by Crippen LogP contribution is 2.32. The van der Waals surface area contributed by atoms with E-state index in [0.717, 1.165) is 29.3 Å². The molecule has 1 aliphatic heterocycles. The molecule has 5 heteroatoms. The van der Waals surface area contributed by atoms with Crippen molar-refractivity contribution in [1.29, 1.82) is 0 Å². The predicted molar refractivity (Wildman–Crippen MR) is 95.4 cm³/mol. The summed E-state index contributed by atoms with van der Waals surface area (Å²) in [7, 11) is 0. The summed E-state index contributed by atoms with van der Waals surface area (Å²) in [6.07, 6.45) is 2.92. The van der Waals surface area contributed by atoms with Crippen LogP contribution in [0.15, 0.2) is 42.6 Å². The number of benzene rings is 1. The summed E-state index contributed by atoms with van der Waals surface area (Å²) in [6.45, 7) is 5.80. The molecule has 0 N–H and O–H groups in total. The van der Waals surface area contributed by atoms with E-state index in [-0.39, 0.29) is 12.7 Å². The number of amides is 1. The maximum atomic E-state index is 12.7. The van der Waals surface area contributed by atoms with Gasteiger partial charge in [-0.2, -0.15) is 0 Å². The van der Waals surface area contributed by atoms with E-state index >= 15 is 0 Å². The van der Waals surface area contributed by atoms with Crippen molar-refractivity contribution in [3.05, 3.63) is 53.9 Å². The van der Waals surface area contributed by atoms with Crippen molar-refractivity contribution in [2.75, 3.05) is 13.3 Å². The molecule has 0 saturated carbocycles. The van der Waals surface area contributed by atoms with Crippen LogP contribution in [-0.2, 0) is 17.8 Å². The molecule has 25 heavy (non-hydrogen) atoms. The largest absolute Gasteiger partial charge is 0.454 e. The number of ether oxygens (including phenoxy) is 2. The molecule has 0 fully saturated rings. The van der Waals surface area contributed by atoms with Gasteiger partial charge in [-0.3, -0.25) is 9.78 Å². The average Bonchev–Trinajstić information content (AvgIpc) is 3.07. The normalized spacial score (nSPS) is 12.4. The zero-order chi connectivity index (χ0) is 17.6. The summed E-state index contributed by atoms with van der Waals surface area (Å²) in [4.78, 5) is 19.0. The van der Waals surface area contributed by atoms with Crippen LogP contribution in [0.1, 0.15) is 31.5 Å². The highest BCUT2D eigenvalue weighted by Gasteiger charge is 2.17. The third-order valence-corrected chi connectivity index (χ3v) is 4.08. The van der Waals surface area contributed by atoms with Crippen LogP contribution in [0.3, 0.4) is 0 Å². The molecule has 5 nitrogen and oxygen atoms in total. The van der Waals surface area contributed by atoms with E-state index in [0.29, 0.717) is 25.3 Å². The number of aryl methyl sites for hydroxylation is 1. The number of carbonyl (C=O) groups is 1. The fourth-order valence-electron chi connectivity index (χ4n) is 2.89. The Morgan fingerprint density at radius 2 is 2.04 bits per heavy atom. The van der Waals surface area contributed by atoms with Gasteiger partial charge >= 0.3 is 0 Å². The first-order chi connectivity index (χ1) is 12.1. The zero-order valence-corrected chi connectivity index (χ0v) is 14.8. The summed E-state index contributed by atoms with van der Waals surface area (Å²) in [6, 6.07) is 11.7. The number of hydrogen-bond donors (Lipinski definition) is 0. The number of aromatic nitrogens is 1. The van der Waals surface area contributed by atoms with Crippen LogP contribution in [0.4, 0.5) is 0 Å². The Morgan fingerprint density at radius 1 is 1.20 bits per heavy atom. The number of rotatable bonds is 7. The molecule has 2 aromatic rings. The van der Waals surface area contributed by atoms with Crippen LogP contribution in [0.2, 0.25) is 0 Å². The highest BCUT2D eigenvalue weighted by molar-refractivity contribution is 5.76. The Hall–Kier alpha value is -2.56. The quantitative estimate of drug-likeness (QED) is 0.775. The van der Waals surface area contributed by atoms with Crippen molar-refractivity contribution in [2.45, 2.75) is 33.2 Å². The lowest BCUT2D eigenvalue weighted by molar-refractivity contribution is -0.132. The third-order valence-electron chi connectivity index (χ3n) is 4.08. The van der Waals surface area contributed by atoms with Crippen LogP contribution in [0.5, 0.6) is 11.5 Å². The number of nitrogens with zero attached hydrogens (tertiary/aromatic N) is 2. The van der Waals surface area contributed by atoms with E-state index in [4.69, 9.17) is 9.47 Å². The summed E-state index contributed by atoms with van der Waals surface area (Å²) in [5.74, 6) is 2.10. The Morgan fingerprint density at radius 3 is 2.80 bits per heavy atom. The van der Waals surface area contributed by atoms with Crippen molar-refractivity contribution in [3.63, 3.8) is 0 Å². The van der Waals surface area contributed by atoms with Gasteiger partial charge in [-0.25, -0.2) is 0 Å². The van der Waals surface area contributed by atoms with Crippen molar-refractivity contribution in [2.24, 2.45) is 5.92 Å². The Labute approximate surface area is 148 Å². The van der Waals surface area contributed by atoms with E-state index in [9.17, 15) is 4.79 Å². The molecule has 0 atom stereocenters. The molecule has 0 unspecified atom stereocenters. The second-order valence-corrected chi connectivity index (χ2v) is 6.68. The van der Waals surface area contributed by atoms with Crippen molar-refractivity contribution < 1.29 is 14.3 Å². The number of hydrogen-bond acceptors (Lipinski definition) is 4. The van der Waals surface area contributed by atoms with E-state index in [1.54, 1.807) is 6.20 Å². The van der Waals surface area contributed by atoms with Gasteiger partial charge in [-0.1, -0.05) is 26.0 Å². The maximum absolute atomic E-state index is 12.7. The van der Waals surface area contributed by atoms with Gasteiger partial charge in [0.25, 0.3) is 0 Å². The molecule has 0 radical (unpaired) electrons. The van der Waals surface area contributed by atoms with Crippen LogP contribution in [0.25, 0.3) is 0 Å². The topological polar surface area (TPSA) is 51.7 Å². The van der Waals surface area contributed by atoms with Gasteiger partial charge in [0, 0.05) is 19.2 Å². The summed E-state index contributed by atoms with van der Waals surface area (Å²) >= 11 is 0. The van der Waals surface area contributed by atoms with Gasteiger partial charge < -0.3 is 14.4 Å². The molecule has 1 aliphatic rings. The average molecular weight is 340 g/mol. The highest BCUT2D eigenvalue weighted by atomic mass is 16.7. The first-order valence-electron chi connectivity index (χ1n) is 8.68. The van der Waals surface area contributed by atoms with Crippen molar-refractivity contribution >= 4 is 5.91 Å². The molecule has 1 aromatic carbocycles. The molecule has 0 saturated heterocycles. The van der Waals surface area contributed by atoms with E-state index in [1.165, 1.54) is 0 Å². The summed E-state index contributed by atoms with van der Waals surface area (Å²) < 4.78 is 10.7. The van der Waals surface area contributed by atoms with Gasteiger partial charge in [0.1, 0.15) is 0 Å². The second kappa shape index (κ2) is 8.01.